The smallest absolute Gasteiger partial charge is 0.461 e. The van der Waals surface area contributed by atoms with Crippen molar-refractivity contribution in [2.75, 3.05) is 52.8 Å². The lowest BCUT2D eigenvalue weighted by atomic mass is 9.94. The number of phosphoric ester groups is 1. The molecule has 0 aromatic heterocycles. The van der Waals surface area contributed by atoms with E-state index in [2.05, 4.69) is 16.0 Å². The zero-order chi connectivity index (χ0) is 58.7. The van der Waals surface area contributed by atoms with E-state index < -0.39 is 175 Å². The van der Waals surface area contributed by atoms with Crippen molar-refractivity contribution < 1.29 is 126 Å². The van der Waals surface area contributed by atoms with Crippen LogP contribution in [0.5, 0.6) is 0 Å². The standard InChI is InChI=1S/C49H82N3O26P/c1-5-7-9-18-36(60)70-26-31(73-37(61)19-10-8-6-2)27-72-79(67,68)71-22-20-50-35(59)17-12-11-15-30(58)16-13-14-21-69-47-39(52-29(4)57)43(65)45(34(25-55)76-47)77-49-44(66)46(41(63)33(24-54)75-49)78-48-38(51-28(3)56)42(64)40(62)32(23-53)74-48/h7-10,31-34,38-49,53-55,62-66H,5-6,11-27H2,1-4H3,(H,50,59)(H,51,56)(H,52,57)(H,67,68)/b9-7-,10-8-/t31?,32?,33?,34?,38?,39?,40-,41-,42+,43+,44?,45+,46-,47+,48+,49-/m0/s1. The zero-order valence-electron chi connectivity index (χ0n) is 44.9. The summed E-state index contributed by atoms with van der Waals surface area (Å²) in [5, 5.41) is 92.8. The maximum atomic E-state index is 12.6. The number of carbonyl (C=O) groups is 6. The Kier molecular flexibility index (Phi) is 32.0. The Bertz CT molecular complexity index is 1990. The number of hydrogen-bond acceptors (Lipinski definition) is 25. The van der Waals surface area contributed by atoms with Gasteiger partial charge in [0.25, 0.3) is 0 Å². The molecule has 0 bridgehead atoms. The normalized spacial score (nSPS) is 30.3. The summed E-state index contributed by atoms with van der Waals surface area (Å²) in [6.07, 6.45) is -13.1. The fraction of sp³-hybridized carbons (Fsp3) is 0.796. The molecule has 3 rings (SSSR count). The summed E-state index contributed by atoms with van der Waals surface area (Å²) in [6, 6.07) is -2.84. The van der Waals surface area contributed by atoms with Crippen molar-refractivity contribution in [3.05, 3.63) is 24.3 Å². The van der Waals surface area contributed by atoms with Crippen LogP contribution < -0.4 is 16.0 Å². The molecule has 454 valence electrons. The molecule has 0 aromatic carbocycles. The Labute approximate surface area is 457 Å². The molecule has 8 unspecified atom stereocenters. The van der Waals surface area contributed by atoms with Gasteiger partial charge in [0.15, 0.2) is 25.0 Å². The van der Waals surface area contributed by atoms with Crippen LogP contribution in [-0.4, -0.2) is 232 Å². The number of ether oxygens (including phenoxy) is 8. The maximum Gasteiger partial charge on any atom is 0.472 e. The third-order valence-electron chi connectivity index (χ3n) is 12.3. The molecule has 3 aliphatic rings. The van der Waals surface area contributed by atoms with E-state index in [0.29, 0.717) is 38.5 Å². The van der Waals surface area contributed by atoms with Gasteiger partial charge in [-0.05, 0) is 38.5 Å². The SMILES string of the molecule is CC/C=C\CC(=O)OCC(COP(=O)(O)OCCNC(=O)CCCCC(=O)CCCCO[C@@H]1OC(CO)[C@@H](O[C@@H]2OC(CO)[C@H](O)[C@H](O[C@H]3OC(CO)[C@H](O)[C@H](O)C3NC(C)=O)C2O)[C@H](O)C1NC(C)=O)OC(=O)C/C=C\CC. The lowest BCUT2D eigenvalue weighted by Gasteiger charge is -2.49. The summed E-state index contributed by atoms with van der Waals surface area (Å²) in [5.74, 6) is -3.10. The van der Waals surface area contributed by atoms with E-state index in [9.17, 15) is 79.1 Å². The van der Waals surface area contributed by atoms with Gasteiger partial charge in [0, 0.05) is 46.3 Å². The van der Waals surface area contributed by atoms with Gasteiger partial charge in [-0.25, -0.2) is 4.57 Å². The van der Waals surface area contributed by atoms with Crippen molar-refractivity contribution in [3.8, 4) is 0 Å². The second-order valence-corrected chi connectivity index (χ2v) is 20.2. The fourth-order valence-corrected chi connectivity index (χ4v) is 9.04. The first-order valence-electron chi connectivity index (χ1n) is 26.3. The molecule has 3 fully saturated rings. The number of allylic oxidation sites excluding steroid dienone is 2. The maximum absolute atomic E-state index is 12.6. The summed E-state index contributed by atoms with van der Waals surface area (Å²) < 4.78 is 67.5. The molecule has 29 nitrogen and oxygen atoms in total. The van der Waals surface area contributed by atoms with Gasteiger partial charge in [0.05, 0.1) is 45.9 Å². The van der Waals surface area contributed by atoms with Crippen LogP contribution in [-0.2, 0) is 80.3 Å². The highest BCUT2D eigenvalue weighted by Gasteiger charge is 2.54. The lowest BCUT2D eigenvalue weighted by Crippen LogP contribution is -2.69. The molecule has 0 spiro atoms. The molecule has 3 saturated heterocycles. The minimum Gasteiger partial charge on any atom is -0.461 e. The molecule has 12 N–H and O–H groups in total. The molecule has 3 heterocycles. The minimum atomic E-state index is -4.69. The van der Waals surface area contributed by atoms with Gasteiger partial charge in [-0.1, -0.05) is 38.2 Å². The van der Waals surface area contributed by atoms with E-state index in [0.717, 1.165) is 13.8 Å². The number of esters is 2. The summed E-state index contributed by atoms with van der Waals surface area (Å²) in [5.41, 5.74) is 0. The predicted molar refractivity (Wildman–Crippen MR) is 269 cm³/mol. The molecule has 0 aromatic rings. The lowest BCUT2D eigenvalue weighted by molar-refractivity contribution is -0.369. The van der Waals surface area contributed by atoms with Crippen molar-refractivity contribution in [2.24, 2.45) is 0 Å². The number of aliphatic hydroxyl groups excluding tert-OH is 8. The first-order chi connectivity index (χ1) is 37.6. The molecule has 3 aliphatic heterocycles. The summed E-state index contributed by atoms with van der Waals surface area (Å²) >= 11 is 0. The van der Waals surface area contributed by atoms with Gasteiger partial charge in [-0.15, -0.1) is 0 Å². The predicted octanol–water partition coefficient (Wildman–Crippen LogP) is -2.54. The third kappa shape index (κ3) is 24.2. The van der Waals surface area contributed by atoms with Crippen LogP contribution >= 0.6 is 7.82 Å². The number of rotatable bonds is 36. The highest BCUT2D eigenvalue weighted by Crippen LogP contribution is 2.43. The highest BCUT2D eigenvalue weighted by molar-refractivity contribution is 7.47. The Morgan fingerprint density at radius 3 is 1.75 bits per heavy atom. The van der Waals surface area contributed by atoms with Crippen LogP contribution in [0.3, 0.4) is 0 Å². The van der Waals surface area contributed by atoms with Gasteiger partial charge in [0.1, 0.15) is 85.5 Å². The third-order valence-corrected chi connectivity index (χ3v) is 13.3. The number of hydrogen-bond donors (Lipinski definition) is 12. The molecule has 3 amide bonds. The monoisotopic (exact) mass is 1160 g/mol. The minimum absolute atomic E-state index is 0.0204. The molecule has 0 radical (unpaired) electrons. The van der Waals surface area contributed by atoms with Gasteiger partial charge in [-0.3, -0.25) is 37.8 Å². The summed E-state index contributed by atoms with van der Waals surface area (Å²) in [6.45, 7) is 1.84. The Morgan fingerprint density at radius 1 is 0.595 bits per heavy atom. The van der Waals surface area contributed by atoms with Crippen molar-refractivity contribution in [1.82, 2.24) is 16.0 Å². The summed E-state index contributed by atoms with van der Waals surface area (Å²) in [4.78, 5) is 83.8. The molecular formula is C49H82N3O26P. The van der Waals surface area contributed by atoms with Crippen molar-refractivity contribution in [2.45, 2.75) is 196 Å². The van der Waals surface area contributed by atoms with Crippen molar-refractivity contribution in [3.63, 3.8) is 0 Å². The Balaban J connectivity index is 1.43. The van der Waals surface area contributed by atoms with Crippen molar-refractivity contribution in [1.29, 1.82) is 0 Å². The zero-order valence-corrected chi connectivity index (χ0v) is 45.8. The molecule has 0 aliphatic carbocycles. The number of phosphoric acid groups is 1. The second-order valence-electron chi connectivity index (χ2n) is 18.8. The second kappa shape index (κ2) is 36.5. The average Bonchev–Trinajstić information content (AvgIpc) is 3.45. The van der Waals surface area contributed by atoms with Gasteiger partial charge >= 0.3 is 19.8 Å². The van der Waals surface area contributed by atoms with Crippen LogP contribution in [0.25, 0.3) is 0 Å². The van der Waals surface area contributed by atoms with E-state index in [1.807, 2.05) is 13.8 Å². The number of unbranched alkanes of at least 4 members (excludes halogenated alkanes) is 2. The number of Topliss-reactive ketones (excluding diaryl/α,β-unsaturated/α-hetero) is 1. The first kappa shape index (κ1) is 69.3. The van der Waals surface area contributed by atoms with E-state index in [1.165, 1.54) is 0 Å². The average molecular weight is 1160 g/mol. The summed E-state index contributed by atoms with van der Waals surface area (Å²) in [7, 11) is -4.69. The van der Waals surface area contributed by atoms with Crippen molar-refractivity contribution >= 4 is 43.3 Å². The van der Waals surface area contributed by atoms with Crippen LogP contribution in [0.2, 0.25) is 0 Å². The van der Waals surface area contributed by atoms with E-state index in [-0.39, 0.29) is 51.0 Å². The van der Waals surface area contributed by atoms with E-state index >= 15 is 0 Å². The topological polar surface area (TPSA) is 430 Å². The molecule has 0 saturated carbocycles. The van der Waals surface area contributed by atoms with Gasteiger partial charge < -0.3 is 99.6 Å². The van der Waals surface area contributed by atoms with Gasteiger partial charge in [-0.2, -0.15) is 0 Å². The molecule has 79 heavy (non-hydrogen) atoms. The number of aliphatic hydroxyl groups is 8. The highest BCUT2D eigenvalue weighted by atomic mass is 31.2. The van der Waals surface area contributed by atoms with Crippen LogP contribution in [0, 0.1) is 0 Å². The first-order valence-corrected chi connectivity index (χ1v) is 27.8. The number of amides is 3. The Morgan fingerprint density at radius 2 is 1.14 bits per heavy atom. The number of carbonyl (C=O) groups excluding carboxylic acids is 6. The van der Waals surface area contributed by atoms with E-state index in [4.69, 9.17) is 46.9 Å². The van der Waals surface area contributed by atoms with E-state index in [1.54, 1.807) is 24.3 Å². The van der Waals surface area contributed by atoms with Gasteiger partial charge in [0.2, 0.25) is 17.7 Å². The quantitative estimate of drug-likeness (QED) is 0.0133. The van der Waals surface area contributed by atoms with Crippen LogP contribution in [0.1, 0.15) is 98.3 Å². The number of ketones is 1. The van der Waals surface area contributed by atoms with Crippen LogP contribution in [0.4, 0.5) is 0 Å². The van der Waals surface area contributed by atoms with Crippen LogP contribution in [0.15, 0.2) is 24.3 Å². The number of nitrogens with one attached hydrogen (secondary N) is 3. The molecule has 17 atom stereocenters. The Hall–Kier alpha value is -3.95. The molecular weight excluding hydrogens is 1080 g/mol. The largest absolute Gasteiger partial charge is 0.472 e. The molecule has 30 heteroatoms. The fourth-order valence-electron chi connectivity index (χ4n) is 8.29.